The first-order chi connectivity index (χ1) is 10.4. The van der Waals surface area contributed by atoms with Crippen LogP contribution in [0.5, 0.6) is 0 Å². The summed E-state index contributed by atoms with van der Waals surface area (Å²) in [7, 11) is 0. The maximum Gasteiger partial charge on any atom is 0.425 e. The summed E-state index contributed by atoms with van der Waals surface area (Å²) in [6.45, 7) is 1.54. The van der Waals surface area contributed by atoms with Crippen LogP contribution in [0.15, 0.2) is 54.6 Å². The van der Waals surface area contributed by atoms with Gasteiger partial charge in [-0.15, -0.1) is 0 Å². The normalized spacial score (nSPS) is 15.0. The highest BCUT2D eigenvalue weighted by Gasteiger charge is 2.57. The van der Waals surface area contributed by atoms with Gasteiger partial charge in [0.1, 0.15) is 0 Å². The fraction of sp³-hybridized carbons (Fsp3) is 0.176. The highest BCUT2D eigenvalue weighted by Crippen LogP contribution is 2.47. The SMILES string of the molecule is Cc1[nH]c2ccccc2c1C(O)(c1ccccc1)C(F)(F)F. The predicted molar refractivity (Wildman–Crippen MR) is 78.5 cm³/mol. The molecule has 0 aliphatic rings. The monoisotopic (exact) mass is 305 g/mol. The summed E-state index contributed by atoms with van der Waals surface area (Å²) in [6, 6.07) is 13.8. The van der Waals surface area contributed by atoms with Crippen LogP contribution in [0.25, 0.3) is 10.9 Å². The second kappa shape index (κ2) is 4.88. The average molecular weight is 305 g/mol. The summed E-state index contributed by atoms with van der Waals surface area (Å²) in [5, 5.41) is 11.1. The molecule has 0 fully saturated rings. The Balaban J connectivity index is 2.38. The molecule has 2 N–H and O–H groups in total. The Kier molecular flexibility index (Phi) is 3.25. The van der Waals surface area contributed by atoms with Crippen molar-refractivity contribution in [2.75, 3.05) is 0 Å². The molecule has 5 heteroatoms. The minimum Gasteiger partial charge on any atom is -0.372 e. The van der Waals surface area contributed by atoms with E-state index in [9.17, 15) is 18.3 Å². The van der Waals surface area contributed by atoms with Crippen molar-refractivity contribution >= 4 is 10.9 Å². The molecule has 3 aromatic rings. The molecule has 22 heavy (non-hydrogen) atoms. The number of hydrogen-bond acceptors (Lipinski definition) is 1. The Morgan fingerprint density at radius 3 is 2.14 bits per heavy atom. The van der Waals surface area contributed by atoms with Crippen LogP contribution in [0.4, 0.5) is 13.2 Å². The first-order valence-corrected chi connectivity index (χ1v) is 6.78. The molecule has 0 saturated heterocycles. The molecule has 3 rings (SSSR count). The van der Waals surface area contributed by atoms with Gasteiger partial charge in [-0.3, -0.25) is 0 Å². The van der Waals surface area contributed by atoms with Crippen molar-refractivity contribution in [1.29, 1.82) is 0 Å². The number of H-pyrrole nitrogens is 1. The number of nitrogens with one attached hydrogen (secondary N) is 1. The topological polar surface area (TPSA) is 36.0 Å². The molecule has 0 spiro atoms. The first-order valence-electron chi connectivity index (χ1n) is 6.78. The number of rotatable bonds is 2. The number of aliphatic hydroxyl groups is 1. The molecule has 1 unspecified atom stereocenters. The van der Waals surface area contributed by atoms with Crippen molar-refractivity contribution in [1.82, 2.24) is 4.98 Å². The third-order valence-corrected chi connectivity index (χ3v) is 3.86. The van der Waals surface area contributed by atoms with Crippen molar-refractivity contribution < 1.29 is 18.3 Å². The molecule has 0 amide bonds. The van der Waals surface area contributed by atoms with Crippen molar-refractivity contribution in [3.05, 3.63) is 71.4 Å². The van der Waals surface area contributed by atoms with Crippen LogP contribution in [0, 0.1) is 6.92 Å². The minimum absolute atomic E-state index is 0.151. The summed E-state index contributed by atoms with van der Waals surface area (Å²) in [6.07, 6.45) is -4.84. The van der Waals surface area contributed by atoms with Crippen LogP contribution < -0.4 is 0 Å². The van der Waals surface area contributed by atoms with Crippen molar-refractivity contribution in [2.24, 2.45) is 0 Å². The summed E-state index contributed by atoms with van der Waals surface area (Å²) >= 11 is 0. The molecule has 0 aliphatic heterocycles. The molecular formula is C17H14F3NO. The van der Waals surface area contributed by atoms with Crippen LogP contribution in [0.3, 0.4) is 0 Å². The molecule has 0 aliphatic carbocycles. The van der Waals surface area contributed by atoms with Gasteiger partial charge in [-0.2, -0.15) is 13.2 Å². The van der Waals surface area contributed by atoms with E-state index in [2.05, 4.69) is 4.98 Å². The number of para-hydroxylation sites is 1. The third-order valence-electron chi connectivity index (χ3n) is 3.86. The zero-order chi connectivity index (χ0) is 16.0. The van der Waals surface area contributed by atoms with Crippen LogP contribution in [0.1, 0.15) is 16.8 Å². The van der Waals surface area contributed by atoms with Crippen LogP contribution in [-0.4, -0.2) is 16.3 Å². The van der Waals surface area contributed by atoms with Gasteiger partial charge < -0.3 is 10.1 Å². The molecule has 1 aromatic heterocycles. The first kappa shape index (κ1) is 14.7. The van der Waals surface area contributed by atoms with E-state index in [0.717, 1.165) is 0 Å². The smallest absolute Gasteiger partial charge is 0.372 e. The summed E-state index contributed by atoms with van der Waals surface area (Å²) < 4.78 is 41.4. The molecule has 1 atom stereocenters. The lowest BCUT2D eigenvalue weighted by Crippen LogP contribution is -2.43. The maximum absolute atomic E-state index is 13.8. The Bertz CT molecular complexity index is 808. The van der Waals surface area contributed by atoms with E-state index in [1.54, 1.807) is 30.3 Å². The van der Waals surface area contributed by atoms with Gasteiger partial charge >= 0.3 is 6.18 Å². The minimum atomic E-state index is -4.84. The largest absolute Gasteiger partial charge is 0.425 e. The molecule has 114 valence electrons. The van der Waals surface area contributed by atoms with Crippen LogP contribution in [-0.2, 0) is 5.60 Å². The van der Waals surface area contributed by atoms with Crippen LogP contribution in [0.2, 0.25) is 0 Å². The molecule has 0 bridgehead atoms. The number of aryl methyl sites for hydroxylation is 1. The molecule has 0 saturated carbocycles. The molecule has 2 nitrogen and oxygen atoms in total. The average Bonchev–Trinajstić information content (AvgIpc) is 2.82. The lowest BCUT2D eigenvalue weighted by atomic mass is 9.84. The van der Waals surface area contributed by atoms with Crippen molar-refractivity contribution in [3.63, 3.8) is 0 Å². The Morgan fingerprint density at radius 1 is 0.909 bits per heavy atom. The van der Waals surface area contributed by atoms with E-state index in [0.29, 0.717) is 16.6 Å². The lowest BCUT2D eigenvalue weighted by Gasteiger charge is -2.31. The number of aromatic nitrogens is 1. The second-order valence-electron chi connectivity index (χ2n) is 5.24. The third kappa shape index (κ3) is 2.01. The van der Waals surface area contributed by atoms with Gasteiger partial charge in [-0.05, 0) is 18.6 Å². The van der Waals surface area contributed by atoms with Crippen LogP contribution >= 0.6 is 0 Å². The number of alkyl halides is 3. The quantitative estimate of drug-likeness (QED) is 0.728. The zero-order valence-corrected chi connectivity index (χ0v) is 11.8. The van der Waals surface area contributed by atoms with Crippen molar-refractivity contribution in [3.8, 4) is 0 Å². The molecular weight excluding hydrogens is 291 g/mol. The second-order valence-corrected chi connectivity index (χ2v) is 5.24. The number of aromatic amines is 1. The standard InChI is InChI=1S/C17H14F3NO/c1-11-15(13-9-5-6-10-14(13)21-11)16(22,17(18,19)20)12-7-3-2-4-8-12/h2-10,21-22H,1H3. The van der Waals surface area contributed by atoms with E-state index in [-0.39, 0.29) is 11.1 Å². The highest BCUT2D eigenvalue weighted by atomic mass is 19.4. The molecule has 1 heterocycles. The summed E-state index contributed by atoms with van der Waals surface area (Å²) in [4.78, 5) is 2.91. The molecule has 2 aromatic carbocycles. The van der Waals surface area contributed by atoms with E-state index in [1.165, 1.54) is 31.2 Å². The fourth-order valence-corrected chi connectivity index (χ4v) is 2.87. The Morgan fingerprint density at radius 2 is 1.50 bits per heavy atom. The fourth-order valence-electron chi connectivity index (χ4n) is 2.87. The number of hydrogen-bond donors (Lipinski definition) is 2. The van der Waals surface area contributed by atoms with Gasteiger partial charge in [0.15, 0.2) is 0 Å². The molecule has 0 radical (unpaired) electrons. The van der Waals surface area contributed by atoms with Gasteiger partial charge in [-0.25, -0.2) is 0 Å². The predicted octanol–water partition coefficient (Wildman–Crippen LogP) is 4.27. The zero-order valence-electron chi connectivity index (χ0n) is 11.8. The van der Waals surface area contributed by atoms with Gasteiger partial charge in [0.2, 0.25) is 5.60 Å². The summed E-state index contributed by atoms with van der Waals surface area (Å²) in [5.74, 6) is 0. The lowest BCUT2D eigenvalue weighted by molar-refractivity contribution is -0.248. The number of halogens is 3. The maximum atomic E-state index is 13.8. The number of benzene rings is 2. The number of fused-ring (bicyclic) bond motifs is 1. The summed E-state index contributed by atoms with van der Waals surface area (Å²) in [5.41, 5.74) is -2.55. The van der Waals surface area contributed by atoms with Gasteiger partial charge in [0, 0.05) is 22.2 Å². The van der Waals surface area contributed by atoms with Gasteiger partial charge in [-0.1, -0.05) is 48.5 Å². The van der Waals surface area contributed by atoms with E-state index >= 15 is 0 Å². The van der Waals surface area contributed by atoms with E-state index < -0.39 is 11.8 Å². The van der Waals surface area contributed by atoms with Gasteiger partial charge in [0.05, 0.1) is 0 Å². The Labute approximate surface area is 125 Å². The highest BCUT2D eigenvalue weighted by molar-refractivity contribution is 5.86. The van der Waals surface area contributed by atoms with E-state index in [1.807, 2.05) is 0 Å². The van der Waals surface area contributed by atoms with Gasteiger partial charge in [0.25, 0.3) is 0 Å². The van der Waals surface area contributed by atoms with Crippen molar-refractivity contribution in [2.45, 2.75) is 18.7 Å². The van der Waals surface area contributed by atoms with E-state index in [4.69, 9.17) is 0 Å². The Hall–Kier alpha value is -2.27.